The van der Waals surface area contributed by atoms with Crippen molar-refractivity contribution in [3.05, 3.63) is 56.8 Å². The number of aliphatic imine (C=N–C) groups is 1. The Labute approximate surface area is 197 Å². The Morgan fingerprint density at radius 3 is 2.43 bits per heavy atom. The van der Waals surface area contributed by atoms with Gasteiger partial charge in [0, 0.05) is 35.8 Å². The zero-order chi connectivity index (χ0) is 20.7. The highest BCUT2D eigenvalue weighted by Crippen LogP contribution is 2.30. The monoisotopic (exact) mass is 567 g/mol. The molecule has 0 fully saturated rings. The van der Waals surface area contributed by atoms with Crippen LogP contribution in [0, 0.1) is 0 Å². The number of alkyl halides is 3. The third-order valence-corrected chi connectivity index (χ3v) is 5.55. The Morgan fingerprint density at radius 1 is 1.03 bits per heavy atom. The molecule has 0 radical (unpaired) electrons. The van der Waals surface area contributed by atoms with Crippen LogP contribution in [0.15, 0.2) is 46.1 Å². The van der Waals surface area contributed by atoms with Crippen LogP contribution in [-0.2, 0) is 19.1 Å². The second-order valence-corrected chi connectivity index (χ2v) is 7.87. The largest absolute Gasteiger partial charge is 0.434 e. The lowest BCUT2D eigenvalue weighted by molar-refractivity contribution is -0.140. The van der Waals surface area contributed by atoms with E-state index in [0.717, 1.165) is 33.0 Å². The van der Waals surface area contributed by atoms with Crippen LogP contribution in [0.2, 0.25) is 0 Å². The maximum atomic E-state index is 12.6. The molecule has 0 aliphatic carbocycles. The molecular formula is C19H21F3IN5S2. The molecule has 2 aromatic heterocycles. The number of halogens is 4. The summed E-state index contributed by atoms with van der Waals surface area (Å²) in [5, 5.41) is 10.6. The van der Waals surface area contributed by atoms with Gasteiger partial charge in [0.25, 0.3) is 0 Å². The van der Waals surface area contributed by atoms with Crippen LogP contribution >= 0.6 is 46.7 Å². The summed E-state index contributed by atoms with van der Waals surface area (Å²) >= 11 is 2.55. The van der Waals surface area contributed by atoms with Crippen LogP contribution in [0.5, 0.6) is 0 Å². The second kappa shape index (κ2) is 11.6. The molecule has 3 rings (SSSR count). The van der Waals surface area contributed by atoms with Crippen molar-refractivity contribution < 1.29 is 13.2 Å². The molecule has 11 heteroatoms. The summed E-state index contributed by atoms with van der Waals surface area (Å²) in [6, 6.07) is 9.93. The van der Waals surface area contributed by atoms with E-state index in [0.29, 0.717) is 37.0 Å². The van der Waals surface area contributed by atoms with Crippen molar-refractivity contribution in [2.75, 3.05) is 13.1 Å². The van der Waals surface area contributed by atoms with Gasteiger partial charge >= 0.3 is 6.18 Å². The van der Waals surface area contributed by atoms with Gasteiger partial charge in [-0.15, -0.1) is 46.7 Å². The first-order valence-corrected chi connectivity index (χ1v) is 10.7. The summed E-state index contributed by atoms with van der Waals surface area (Å²) in [6.45, 7) is 3.48. The zero-order valence-electron chi connectivity index (χ0n) is 16.1. The van der Waals surface area contributed by atoms with Gasteiger partial charge in [-0.1, -0.05) is 30.3 Å². The van der Waals surface area contributed by atoms with E-state index in [-0.39, 0.29) is 24.0 Å². The molecular weight excluding hydrogens is 546 g/mol. The van der Waals surface area contributed by atoms with Gasteiger partial charge in [-0.2, -0.15) is 13.2 Å². The number of aromatic nitrogens is 2. The van der Waals surface area contributed by atoms with Crippen LogP contribution < -0.4 is 10.6 Å². The van der Waals surface area contributed by atoms with Gasteiger partial charge in [-0.25, -0.2) is 15.0 Å². The van der Waals surface area contributed by atoms with Gasteiger partial charge in [0.05, 0.1) is 17.2 Å². The Balaban J connectivity index is 0.00000320. The second-order valence-electron chi connectivity index (χ2n) is 5.99. The number of thiazole rings is 2. The zero-order valence-corrected chi connectivity index (χ0v) is 20.0. The lowest BCUT2D eigenvalue weighted by Gasteiger charge is -2.10. The highest BCUT2D eigenvalue weighted by molar-refractivity contribution is 14.0. The van der Waals surface area contributed by atoms with Crippen LogP contribution in [0.1, 0.15) is 22.6 Å². The smallest absolute Gasteiger partial charge is 0.357 e. The Morgan fingerprint density at radius 2 is 1.77 bits per heavy atom. The molecule has 0 amide bonds. The first kappa shape index (κ1) is 24.5. The van der Waals surface area contributed by atoms with Gasteiger partial charge in [0.15, 0.2) is 11.7 Å². The molecule has 162 valence electrons. The van der Waals surface area contributed by atoms with E-state index in [4.69, 9.17) is 0 Å². The van der Waals surface area contributed by atoms with E-state index in [1.807, 2.05) is 42.6 Å². The molecule has 0 aliphatic heterocycles. The molecule has 2 heterocycles. The molecule has 0 spiro atoms. The maximum Gasteiger partial charge on any atom is 0.434 e. The third kappa shape index (κ3) is 7.20. The Hall–Kier alpha value is -1.73. The number of benzene rings is 1. The minimum Gasteiger partial charge on any atom is -0.357 e. The van der Waals surface area contributed by atoms with Gasteiger partial charge < -0.3 is 10.6 Å². The number of nitrogens with one attached hydrogen (secondary N) is 2. The summed E-state index contributed by atoms with van der Waals surface area (Å²) in [5.74, 6) is 0.594. The minimum atomic E-state index is -4.40. The molecule has 30 heavy (non-hydrogen) atoms. The SMILES string of the molecule is CCNC(=NCc1nc(-c2ccccc2)cs1)NCCc1nc(C(F)(F)F)cs1.I. The molecule has 0 aliphatic rings. The standard InChI is InChI=1S/C19H20F3N5S2.HI/c1-2-23-18(24-9-8-16-27-15(12-29-16)19(20,21)22)25-10-17-26-14(11-28-17)13-6-4-3-5-7-13;/h3-7,11-12H,2,8-10H2,1H3,(H2,23,24,25);1H. The van der Waals surface area contributed by atoms with Crippen molar-refractivity contribution in [1.29, 1.82) is 0 Å². The number of rotatable bonds is 7. The first-order chi connectivity index (χ1) is 14.0. The van der Waals surface area contributed by atoms with Crippen LogP contribution in [0.25, 0.3) is 11.3 Å². The van der Waals surface area contributed by atoms with Crippen LogP contribution in [0.4, 0.5) is 13.2 Å². The van der Waals surface area contributed by atoms with E-state index in [2.05, 4.69) is 25.6 Å². The normalized spacial score (nSPS) is 11.8. The first-order valence-electron chi connectivity index (χ1n) is 8.99. The van der Waals surface area contributed by atoms with Gasteiger partial charge in [0.2, 0.25) is 0 Å². The average Bonchev–Trinajstić information content (AvgIpc) is 3.36. The summed E-state index contributed by atoms with van der Waals surface area (Å²) in [5.41, 5.74) is 1.14. The third-order valence-electron chi connectivity index (χ3n) is 3.81. The topological polar surface area (TPSA) is 62.2 Å². The van der Waals surface area contributed by atoms with Crippen LogP contribution in [0.3, 0.4) is 0 Å². The average molecular weight is 567 g/mol. The number of nitrogens with zero attached hydrogens (tertiary/aromatic N) is 3. The van der Waals surface area contributed by atoms with E-state index in [1.165, 1.54) is 0 Å². The Kier molecular flexibility index (Phi) is 9.49. The van der Waals surface area contributed by atoms with Gasteiger partial charge in [-0.3, -0.25) is 0 Å². The highest BCUT2D eigenvalue weighted by Gasteiger charge is 2.33. The van der Waals surface area contributed by atoms with Crippen molar-refractivity contribution in [2.45, 2.75) is 26.1 Å². The maximum absolute atomic E-state index is 12.6. The predicted molar refractivity (Wildman–Crippen MR) is 127 cm³/mol. The molecule has 1 aromatic carbocycles. The molecule has 0 saturated carbocycles. The summed E-state index contributed by atoms with van der Waals surface area (Å²) < 4.78 is 37.9. The van der Waals surface area contributed by atoms with Crippen molar-refractivity contribution in [2.24, 2.45) is 4.99 Å². The van der Waals surface area contributed by atoms with Crippen LogP contribution in [-0.4, -0.2) is 29.0 Å². The Bertz CT molecular complexity index is 941. The molecule has 5 nitrogen and oxygen atoms in total. The number of hydrogen-bond donors (Lipinski definition) is 2. The molecule has 0 atom stereocenters. The summed E-state index contributed by atoms with van der Waals surface area (Å²) in [7, 11) is 0. The predicted octanol–water partition coefficient (Wildman–Crippen LogP) is 5.20. The number of hydrogen-bond acceptors (Lipinski definition) is 5. The quantitative estimate of drug-likeness (QED) is 0.234. The van der Waals surface area contributed by atoms with Gasteiger partial charge in [0.1, 0.15) is 5.01 Å². The molecule has 0 saturated heterocycles. The molecule has 0 bridgehead atoms. The van der Waals surface area contributed by atoms with E-state index < -0.39 is 11.9 Å². The van der Waals surface area contributed by atoms with Crippen molar-refractivity contribution in [3.63, 3.8) is 0 Å². The lowest BCUT2D eigenvalue weighted by atomic mass is 10.2. The molecule has 0 unspecified atom stereocenters. The van der Waals surface area contributed by atoms with Crippen molar-refractivity contribution >= 4 is 52.6 Å². The summed E-state index contributed by atoms with van der Waals surface area (Å²) in [6.07, 6.45) is -4.01. The number of guanidine groups is 1. The fourth-order valence-corrected chi connectivity index (χ4v) is 3.99. The molecule has 3 aromatic rings. The van der Waals surface area contributed by atoms with Crippen molar-refractivity contribution in [3.8, 4) is 11.3 Å². The minimum absolute atomic E-state index is 0. The highest BCUT2D eigenvalue weighted by atomic mass is 127. The van der Waals surface area contributed by atoms with E-state index in [9.17, 15) is 13.2 Å². The van der Waals surface area contributed by atoms with Gasteiger partial charge in [-0.05, 0) is 6.92 Å². The van der Waals surface area contributed by atoms with Crippen molar-refractivity contribution in [1.82, 2.24) is 20.6 Å². The van der Waals surface area contributed by atoms with E-state index >= 15 is 0 Å². The fourth-order valence-electron chi connectivity index (χ4n) is 2.46. The lowest BCUT2D eigenvalue weighted by Crippen LogP contribution is -2.38. The van der Waals surface area contributed by atoms with E-state index in [1.54, 1.807) is 11.3 Å². The molecule has 2 N–H and O–H groups in total. The summed E-state index contributed by atoms with van der Waals surface area (Å²) in [4.78, 5) is 12.8. The fraction of sp³-hybridized carbons (Fsp3) is 0.316.